The molecule has 2 aliphatic rings. The highest BCUT2D eigenvalue weighted by molar-refractivity contribution is 5.75. The van der Waals surface area contributed by atoms with Crippen LogP contribution in [-0.4, -0.2) is 42.5 Å². The van der Waals surface area contributed by atoms with Gasteiger partial charge in [-0.15, -0.1) is 0 Å². The monoisotopic (exact) mass is 268 g/mol. The van der Waals surface area contributed by atoms with E-state index in [4.69, 9.17) is 14.9 Å². The van der Waals surface area contributed by atoms with Crippen LogP contribution in [0.1, 0.15) is 58.8 Å². The molecule has 0 N–H and O–H groups in total. The first kappa shape index (κ1) is 16.2. The van der Waals surface area contributed by atoms with Crippen LogP contribution in [0, 0.1) is 0 Å². The molecule has 2 heterocycles. The Morgan fingerprint density at radius 2 is 1.58 bits per heavy atom. The van der Waals surface area contributed by atoms with Crippen molar-refractivity contribution < 1.29 is 14.4 Å². The van der Waals surface area contributed by atoms with Crippen molar-refractivity contribution in [2.75, 3.05) is 26.2 Å². The van der Waals surface area contributed by atoms with E-state index in [2.05, 4.69) is 6.92 Å². The molecule has 0 radical (unpaired) electrons. The number of quaternary nitrogens is 1. The van der Waals surface area contributed by atoms with Crippen molar-refractivity contribution in [2.45, 2.75) is 58.8 Å². The van der Waals surface area contributed by atoms with Crippen LogP contribution < -0.4 is 5.11 Å². The third-order valence-electron chi connectivity index (χ3n) is 4.07. The molecule has 0 aromatic carbocycles. The van der Waals surface area contributed by atoms with Crippen LogP contribution in [0.25, 0.3) is 0 Å². The van der Waals surface area contributed by atoms with Gasteiger partial charge in [-0.3, -0.25) is 4.48 Å². The number of carboxylic acid groups (broad SMARTS) is 1. The first-order valence-electron chi connectivity index (χ1n) is 7.68. The summed E-state index contributed by atoms with van der Waals surface area (Å²) in [4.78, 5) is 13.8. The third-order valence-corrected chi connectivity index (χ3v) is 4.07. The van der Waals surface area contributed by atoms with E-state index in [0.717, 1.165) is 13.5 Å². The minimum Gasteiger partial charge on any atom is -0.550 e. The maximum atomic E-state index is 8.89. The van der Waals surface area contributed by atoms with Crippen LogP contribution in [0.3, 0.4) is 0 Å². The van der Waals surface area contributed by atoms with Gasteiger partial charge >= 0.3 is 0 Å². The number of carbonyl (C=O) groups is 1. The predicted molar refractivity (Wildman–Crippen MR) is 75.8 cm³/mol. The molecule has 0 aromatic heterocycles. The highest BCUT2D eigenvalue weighted by Crippen LogP contribution is 2.24. The summed E-state index contributed by atoms with van der Waals surface area (Å²) < 4.78 is 1.26. The second kappa shape index (κ2) is 8.31. The van der Waals surface area contributed by atoms with E-state index in [1.54, 1.807) is 0 Å². The molecule has 0 atom stereocenters. The molecule has 0 unspecified atom stereocenters. The lowest BCUT2D eigenvalue weighted by Crippen LogP contribution is -2.56. The van der Waals surface area contributed by atoms with E-state index in [9.17, 15) is 0 Å². The SMILES string of the molecule is CC(=O)[O-].CC/C1=N/CCCCC[N+]12CCCCC2. The van der Waals surface area contributed by atoms with Crippen LogP contribution in [0.4, 0.5) is 0 Å². The van der Waals surface area contributed by atoms with Crippen LogP contribution in [0.5, 0.6) is 0 Å². The molecule has 0 amide bonds. The van der Waals surface area contributed by atoms with Gasteiger partial charge in [-0.05, 0) is 45.4 Å². The Balaban J connectivity index is 0.000000399. The molecule has 0 aromatic rings. The van der Waals surface area contributed by atoms with Crippen LogP contribution in [0.15, 0.2) is 4.99 Å². The van der Waals surface area contributed by atoms with Gasteiger partial charge in [0.05, 0.1) is 19.6 Å². The Kier molecular flexibility index (Phi) is 7.06. The van der Waals surface area contributed by atoms with Gasteiger partial charge in [-0.25, -0.2) is 4.99 Å². The second-order valence-electron chi connectivity index (χ2n) is 5.58. The van der Waals surface area contributed by atoms with Gasteiger partial charge in [-0.2, -0.15) is 0 Å². The molecule has 2 rings (SSSR count). The van der Waals surface area contributed by atoms with Crippen LogP contribution in [-0.2, 0) is 4.79 Å². The Morgan fingerprint density at radius 3 is 2.05 bits per heavy atom. The van der Waals surface area contributed by atoms with Gasteiger partial charge in [0.2, 0.25) is 0 Å². The molecule has 2 aliphatic heterocycles. The van der Waals surface area contributed by atoms with Crippen LogP contribution >= 0.6 is 0 Å². The zero-order valence-electron chi connectivity index (χ0n) is 12.5. The Bertz CT molecular complexity index is 303. The molecule has 1 spiro atoms. The van der Waals surface area contributed by atoms with E-state index in [0.29, 0.717) is 0 Å². The molecule has 1 fully saturated rings. The molecule has 0 aliphatic carbocycles. The second-order valence-corrected chi connectivity index (χ2v) is 5.58. The molecule has 4 nitrogen and oxygen atoms in total. The quantitative estimate of drug-likeness (QED) is 0.680. The largest absolute Gasteiger partial charge is 0.550 e. The number of rotatable bonds is 1. The summed E-state index contributed by atoms with van der Waals surface area (Å²) >= 11 is 0. The number of carbonyl (C=O) groups excluding carboxylic acids is 1. The van der Waals surface area contributed by atoms with Crippen molar-refractivity contribution in [3.8, 4) is 0 Å². The summed E-state index contributed by atoms with van der Waals surface area (Å²) in [6.45, 7) is 8.45. The van der Waals surface area contributed by atoms with Crippen molar-refractivity contribution in [3.05, 3.63) is 0 Å². The third kappa shape index (κ3) is 5.31. The first-order valence-corrected chi connectivity index (χ1v) is 7.68. The summed E-state index contributed by atoms with van der Waals surface area (Å²) in [7, 11) is 0. The predicted octanol–water partition coefficient (Wildman–Crippen LogP) is 1.74. The molecule has 0 bridgehead atoms. The van der Waals surface area contributed by atoms with Crippen molar-refractivity contribution >= 4 is 11.8 Å². The number of aliphatic carboxylic acids is 1. The highest BCUT2D eigenvalue weighted by Gasteiger charge is 2.34. The Labute approximate surface area is 117 Å². The summed E-state index contributed by atoms with van der Waals surface area (Å²) in [5.41, 5.74) is 0. The van der Waals surface area contributed by atoms with E-state index in [-0.39, 0.29) is 0 Å². The number of piperidine rings is 1. The summed E-state index contributed by atoms with van der Waals surface area (Å²) in [5.74, 6) is 0.425. The van der Waals surface area contributed by atoms with E-state index < -0.39 is 5.97 Å². The summed E-state index contributed by atoms with van der Waals surface area (Å²) in [6.07, 6.45) is 9.55. The molecule has 4 heteroatoms. The number of amidine groups is 1. The van der Waals surface area contributed by atoms with E-state index in [1.807, 2.05) is 0 Å². The minimum absolute atomic E-state index is 0.972. The Morgan fingerprint density at radius 1 is 1.11 bits per heavy atom. The van der Waals surface area contributed by atoms with E-state index in [1.165, 1.54) is 74.9 Å². The van der Waals surface area contributed by atoms with Gasteiger partial charge in [0, 0.05) is 18.9 Å². The van der Waals surface area contributed by atoms with Crippen molar-refractivity contribution in [2.24, 2.45) is 4.99 Å². The van der Waals surface area contributed by atoms with Gasteiger partial charge in [0.15, 0.2) is 5.84 Å². The zero-order valence-corrected chi connectivity index (χ0v) is 12.5. The fourth-order valence-electron chi connectivity index (χ4n) is 3.24. The number of hydrogen-bond donors (Lipinski definition) is 0. The smallest absolute Gasteiger partial charge is 0.197 e. The number of carboxylic acids is 1. The molecule has 110 valence electrons. The molecular formula is C15H28N2O2. The standard InChI is InChI=1S/C13H25N2.C2H4O2/c1-2-13-14-9-5-3-6-10-15(13)11-7-4-8-12-15;1-2(3)4/h2-12H2,1H3;1H3,(H,3,4)/q+1;/p-1/b14-13-;. The average Bonchev–Trinajstić information content (AvgIpc) is 2.36. The van der Waals surface area contributed by atoms with Crippen molar-refractivity contribution in [1.82, 2.24) is 0 Å². The average molecular weight is 268 g/mol. The number of nitrogens with zero attached hydrogens (tertiary/aromatic N) is 2. The van der Waals surface area contributed by atoms with Crippen LogP contribution in [0.2, 0.25) is 0 Å². The lowest BCUT2D eigenvalue weighted by molar-refractivity contribution is -0.849. The lowest BCUT2D eigenvalue weighted by Gasteiger charge is -2.42. The molecule has 1 saturated heterocycles. The zero-order chi connectivity index (χ0) is 14.1. The fourth-order valence-corrected chi connectivity index (χ4v) is 3.24. The van der Waals surface area contributed by atoms with E-state index >= 15 is 0 Å². The summed E-state index contributed by atoms with van der Waals surface area (Å²) in [5, 5.41) is 8.89. The molecule has 19 heavy (non-hydrogen) atoms. The topological polar surface area (TPSA) is 52.5 Å². The number of aliphatic imine (C=N–C) groups is 1. The van der Waals surface area contributed by atoms with Gasteiger partial charge < -0.3 is 9.90 Å². The maximum absolute atomic E-state index is 8.89. The minimum atomic E-state index is -1.08. The summed E-state index contributed by atoms with van der Waals surface area (Å²) in [6, 6.07) is 0. The fraction of sp³-hybridized carbons (Fsp3) is 0.867. The van der Waals surface area contributed by atoms with Crippen molar-refractivity contribution in [1.29, 1.82) is 0 Å². The Hall–Kier alpha value is -0.900. The normalized spacial score (nSPS) is 25.3. The lowest BCUT2D eigenvalue weighted by atomic mass is 10.0. The van der Waals surface area contributed by atoms with Gasteiger partial charge in [-0.1, -0.05) is 6.92 Å². The molecule has 0 saturated carbocycles. The highest BCUT2D eigenvalue weighted by atomic mass is 16.4. The first-order chi connectivity index (χ1) is 9.10. The molecular weight excluding hydrogens is 240 g/mol. The van der Waals surface area contributed by atoms with Gasteiger partial charge in [0.1, 0.15) is 0 Å². The maximum Gasteiger partial charge on any atom is 0.197 e. The van der Waals surface area contributed by atoms with Crippen molar-refractivity contribution in [3.63, 3.8) is 0 Å². The number of hydrogen-bond acceptors (Lipinski definition) is 3. The van der Waals surface area contributed by atoms with Gasteiger partial charge in [0.25, 0.3) is 0 Å².